The highest BCUT2D eigenvalue weighted by Gasteiger charge is 2.42. The van der Waals surface area contributed by atoms with Gasteiger partial charge in [-0.3, -0.25) is 4.52 Å². The first-order valence-electron chi connectivity index (χ1n) is 10.2. The van der Waals surface area contributed by atoms with Gasteiger partial charge in [0.1, 0.15) is 35.9 Å². The summed E-state index contributed by atoms with van der Waals surface area (Å²) in [5.74, 6) is 1.62. The van der Waals surface area contributed by atoms with Gasteiger partial charge < -0.3 is 44.9 Å². The minimum absolute atomic E-state index is 0.612. The number of fused-ring (bicyclic) bond motifs is 1. The summed E-state index contributed by atoms with van der Waals surface area (Å²) in [6, 6.07) is 7.99. The van der Waals surface area contributed by atoms with Gasteiger partial charge in [0, 0.05) is 6.54 Å². The average Bonchev–Trinajstić information content (AvgIpc) is 3.37. The molecule has 0 aliphatic carbocycles. The van der Waals surface area contributed by atoms with Crippen LogP contribution in [0.5, 0.6) is 5.75 Å². The number of anilines is 1. The second-order valence-corrected chi connectivity index (χ2v) is 8.33. The SMILES string of the molecule is CCOc1cccc(CNc2ncnc3nc[nH]c23)c1.O=P(O)(O)OC[C@H]1OC(O)[C@H](O)[C@@H]1O. The minimum Gasteiger partial charge on any atom is -0.494 e. The number of phosphoric acid groups is 1. The van der Waals surface area contributed by atoms with Crippen molar-refractivity contribution in [2.24, 2.45) is 0 Å². The number of ether oxygens (including phenoxy) is 2. The lowest BCUT2D eigenvalue weighted by Crippen LogP contribution is -2.34. The quantitative estimate of drug-likeness (QED) is 0.202. The Hall–Kier alpha value is -2.68. The van der Waals surface area contributed by atoms with Crippen molar-refractivity contribution in [2.45, 2.75) is 38.1 Å². The van der Waals surface area contributed by atoms with Crippen molar-refractivity contribution in [3.05, 3.63) is 42.5 Å². The first-order chi connectivity index (χ1) is 16.2. The van der Waals surface area contributed by atoms with E-state index in [1.807, 2.05) is 31.2 Å². The van der Waals surface area contributed by atoms with Gasteiger partial charge in [0.25, 0.3) is 0 Å². The molecule has 15 heteroatoms. The summed E-state index contributed by atoms with van der Waals surface area (Å²) in [6.45, 7) is 2.68. The third kappa shape index (κ3) is 7.16. The van der Waals surface area contributed by atoms with Crippen molar-refractivity contribution in [1.82, 2.24) is 19.9 Å². The average molecular weight is 499 g/mol. The monoisotopic (exact) mass is 499 g/mol. The molecule has 3 heterocycles. The molecular weight excluding hydrogens is 473 g/mol. The summed E-state index contributed by atoms with van der Waals surface area (Å²) < 4.78 is 24.4. The van der Waals surface area contributed by atoms with Crippen LogP contribution in [0.15, 0.2) is 36.9 Å². The van der Waals surface area contributed by atoms with E-state index < -0.39 is 39.0 Å². The van der Waals surface area contributed by atoms with Gasteiger partial charge in [-0.25, -0.2) is 19.5 Å². The zero-order valence-corrected chi connectivity index (χ0v) is 18.9. The van der Waals surface area contributed by atoms with Crippen LogP contribution in [-0.4, -0.2) is 82.9 Å². The van der Waals surface area contributed by atoms with Gasteiger partial charge in [-0.1, -0.05) is 12.1 Å². The molecule has 1 aromatic carbocycles. The lowest BCUT2D eigenvalue weighted by atomic mass is 10.1. The van der Waals surface area contributed by atoms with Crippen LogP contribution < -0.4 is 10.1 Å². The van der Waals surface area contributed by atoms with E-state index in [1.54, 1.807) is 6.33 Å². The van der Waals surface area contributed by atoms with Gasteiger partial charge in [0.05, 0.1) is 19.5 Å². The molecule has 1 fully saturated rings. The fourth-order valence-corrected chi connectivity index (χ4v) is 3.37. The molecule has 1 saturated heterocycles. The van der Waals surface area contributed by atoms with Crippen molar-refractivity contribution < 1.29 is 43.7 Å². The molecule has 14 nitrogen and oxygen atoms in total. The summed E-state index contributed by atoms with van der Waals surface area (Å²) in [5.41, 5.74) is 2.60. The zero-order chi connectivity index (χ0) is 24.7. The Morgan fingerprint density at radius 2 is 1.97 bits per heavy atom. The van der Waals surface area contributed by atoms with Gasteiger partial charge in [-0.2, -0.15) is 0 Å². The Bertz CT molecular complexity index is 1110. The maximum absolute atomic E-state index is 10.3. The van der Waals surface area contributed by atoms with Gasteiger partial charge in [0.2, 0.25) is 0 Å². The summed E-state index contributed by atoms with van der Waals surface area (Å²) in [7, 11) is -4.64. The zero-order valence-electron chi connectivity index (χ0n) is 18.1. The van der Waals surface area contributed by atoms with E-state index in [0.717, 1.165) is 22.6 Å². The van der Waals surface area contributed by atoms with E-state index in [-0.39, 0.29) is 0 Å². The van der Waals surface area contributed by atoms with Crippen LogP contribution in [0.4, 0.5) is 5.82 Å². The van der Waals surface area contributed by atoms with E-state index in [9.17, 15) is 4.57 Å². The van der Waals surface area contributed by atoms with Crippen LogP contribution in [0.25, 0.3) is 11.2 Å². The third-order valence-corrected chi connectivity index (χ3v) is 5.12. The number of imidazole rings is 1. The Morgan fingerprint density at radius 1 is 1.18 bits per heavy atom. The maximum Gasteiger partial charge on any atom is 0.469 e. The molecule has 4 rings (SSSR count). The number of hydrogen-bond acceptors (Lipinski definition) is 11. The van der Waals surface area contributed by atoms with Gasteiger partial charge in [-0.15, -0.1) is 0 Å². The van der Waals surface area contributed by atoms with E-state index in [1.165, 1.54) is 6.33 Å². The molecule has 0 bridgehead atoms. The maximum atomic E-state index is 10.3. The van der Waals surface area contributed by atoms with Crippen molar-refractivity contribution >= 4 is 24.8 Å². The van der Waals surface area contributed by atoms with Crippen LogP contribution in [-0.2, 0) is 20.4 Å². The normalized spacial score (nSPS) is 22.3. The topological polar surface area (TPSA) is 212 Å². The molecule has 0 saturated carbocycles. The molecule has 1 aliphatic rings. The molecule has 7 N–H and O–H groups in total. The highest BCUT2D eigenvalue weighted by Crippen LogP contribution is 2.37. The summed E-state index contributed by atoms with van der Waals surface area (Å²) >= 11 is 0. The number of aliphatic hydroxyl groups excluding tert-OH is 3. The minimum atomic E-state index is -4.64. The largest absolute Gasteiger partial charge is 0.494 e. The van der Waals surface area contributed by atoms with Crippen molar-refractivity contribution in [3.63, 3.8) is 0 Å². The predicted octanol–water partition coefficient (Wildman–Crippen LogP) is -0.102. The number of aliphatic hydroxyl groups is 3. The first-order valence-corrected chi connectivity index (χ1v) is 11.7. The number of nitrogens with one attached hydrogen (secondary N) is 2. The fraction of sp³-hybridized carbons (Fsp3) is 0.421. The Morgan fingerprint density at radius 3 is 2.65 bits per heavy atom. The highest BCUT2D eigenvalue weighted by molar-refractivity contribution is 7.46. The smallest absolute Gasteiger partial charge is 0.469 e. The Kier molecular flexibility index (Phi) is 8.88. The van der Waals surface area contributed by atoms with Gasteiger partial charge >= 0.3 is 7.82 Å². The van der Waals surface area contributed by atoms with Gasteiger partial charge in [-0.05, 0) is 24.6 Å². The number of rotatable bonds is 8. The number of H-pyrrole nitrogens is 1. The molecule has 1 unspecified atom stereocenters. The van der Waals surface area contributed by atoms with Gasteiger partial charge in [0.15, 0.2) is 17.8 Å². The molecule has 2 aromatic heterocycles. The lowest BCUT2D eigenvalue weighted by Gasteiger charge is -2.14. The molecule has 186 valence electrons. The van der Waals surface area contributed by atoms with Crippen LogP contribution in [0, 0.1) is 0 Å². The second kappa shape index (κ2) is 11.6. The standard InChI is InChI=1S/C14H15N5O.C5H11O8P/c1-2-20-11-5-3-4-10(6-11)7-15-13-12-14(17-8-16-12)19-9-18-13;6-3-2(1-12-14(9,10)11)13-5(8)4(3)7/h3-6,8-9H,2,7H2,1H3,(H2,15,16,17,18,19);2-8H,1H2,(H2,9,10,11)/t;2-,3-,4-,5?/m.1/s1. The lowest BCUT2D eigenvalue weighted by molar-refractivity contribution is -0.132. The van der Waals surface area contributed by atoms with Crippen molar-refractivity contribution in [2.75, 3.05) is 18.5 Å². The molecule has 4 atom stereocenters. The second-order valence-electron chi connectivity index (χ2n) is 7.09. The predicted molar refractivity (Wildman–Crippen MR) is 118 cm³/mol. The summed E-state index contributed by atoms with van der Waals surface area (Å²) in [4.78, 5) is 32.1. The van der Waals surface area contributed by atoms with Crippen LogP contribution >= 0.6 is 7.82 Å². The molecule has 0 radical (unpaired) electrons. The number of nitrogens with zero attached hydrogens (tertiary/aromatic N) is 3. The van der Waals surface area contributed by atoms with E-state index in [2.05, 4.69) is 34.5 Å². The highest BCUT2D eigenvalue weighted by atomic mass is 31.2. The molecule has 3 aromatic rings. The number of benzene rings is 1. The number of phosphoric ester groups is 1. The molecule has 1 aliphatic heterocycles. The van der Waals surface area contributed by atoms with Crippen LogP contribution in [0.2, 0.25) is 0 Å². The third-order valence-electron chi connectivity index (χ3n) is 4.64. The summed E-state index contributed by atoms with van der Waals surface area (Å²) in [6.07, 6.45) is -2.55. The number of aromatic amines is 1. The Labute approximate surface area is 193 Å². The van der Waals surface area contributed by atoms with Crippen LogP contribution in [0.1, 0.15) is 12.5 Å². The molecule has 0 spiro atoms. The molecular formula is C19H26N5O9P. The van der Waals surface area contributed by atoms with Crippen molar-refractivity contribution in [1.29, 1.82) is 0 Å². The van der Waals surface area contributed by atoms with E-state index in [0.29, 0.717) is 18.8 Å². The fourth-order valence-electron chi connectivity index (χ4n) is 3.03. The molecule has 0 amide bonds. The summed E-state index contributed by atoms with van der Waals surface area (Å²) in [5, 5.41) is 30.3. The van der Waals surface area contributed by atoms with E-state index >= 15 is 0 Å². The van der Waals surface area contributed by atoms with Crippen LogP contribution in [0.3, 0.4) is 0 Å². The number of hydrogen-bond donors (Lipinski definition) is 7. The molecule has 34 heavy (non-hydrogen) atoms. The number of aromatic nitrogens is 4. The van der Waals surface area contributed by atoms with E-state index in [4.69, 9.17) is 29.8 Å². The first kappa shape index (κ1) is 25.9. The van der Waals surface area contributed by atoms with Crippen molar-refractivity contribution in [3.8, 4) is 5.75 Å². The Balaban J connectivity index is 0.000000204.